The van der Waals surface area contributed by atoms with Gasteiger partial charge in [-0.3, -0.25) is 10.1 Å². The quantitative estimate of drug-likeness (QED) is 0.435. The molecule has 3 aromatic rings. The van der Waals surface area contributed by atoms with E-state index in [0.717, 1.165) is 43.4 Å². The second-order valence-electron chi connectivity index (χ2n) is 9.74. The van der Waals surface area contributed by atoms with Crippen LogP contribution in [-0.2, 0) is 12.8 Å². The molecule has 2 aliphatic rings. The summed E-state index contributed by atoms with van der Waals surface area (Å²) < 4.78 is 0. The number of carbonyl (C=O) groups excluding carboxylic acids is 2. The van der Waals surface area contributed by atoms with Crippen LogP contribution < -0.4 is 16.4 Å². The molecule has 4 N–H and O–H groups in total. The molecular weight excluding hydrogens is 472 g/mol. The van der Waals surface area contributed by atoms with Crippen molar-refractivity contribution in [1.82, 2.24) is 14.8 Å². The van der Waals surface area contributed by atoms with Gasteiger partial charge in [0, 0.05) is 34.4 Å². The van der Waals surface area contributed by atoms with Crippen molar-refractivity contribution in [1.29, 1.82) is 0 Å². The fraction of sp³-hybridized carbons (Fsp3) is 0.370. The maximum atomic E-state index is 13.1. The Morgan fingerprint density at radius 2 is 1.94 bits per heavy atom. The predicted octanol–water partition coefficient (Wildman–Crippen LogP) is 4.77. The van der Waals surface area contributed by atoms with E-state index in [9.17, 15) is 9.59 Å². The van der Waals surface area contributed by atoms with E-state index in [1.165, 1.54) is 4.88 Å². The van der Waals surface area contributed by atoms with Crippen molar-refractivity contribution >= 4 is 39.8 Å². The number of hydrogen-bond donors (Lipinski definition) is 3. The number of fused-ring (bicyclic) bond motifs is 1. The van der Waals surface area contributed by atoms with Crippen LogP contribution in [0.3, 0.4) is 0 Å². The minimum Gasteiger partial charge on any atom is -0.399 e. The molecule has 8 nitrogen and oxygen atoms in total. The molecule has 2 aromatic carbocycles. The Labute approximate surface area is 215 Å². The molecule has 0 saturated carbocycles. The molecule has 2 heterocycles. The first-order valence-electron chi connectivity index (χ1n) is 12.4. The summed E-state index contributed by atoms with van der Waals surface area (Å²) in [6, 6.07) is 15.0. The van der Waals surface area contributed by atoms with E-state index < -0.39 is 0 Å². The molecule has 36 heavy (non-hydrogen) atoms. The van der Waals surface area contributed by atoms with Crippen molar-refractivity contribution in [2.45, 2.75) is 44.2 Å². The van der Waals surface area contributed by atoms with Gasteiger partial charge in [-0.25, -0.2) is 9.78 Å². The highest BCUT2D eigenvalue weighted by Crippen LogP contribution is 2.34. The van der Waals surface area contributed by atoms with Gasteiger partial charge in [0.2, 0.25) is 0 Å². The second-order valence-corrected chi connectivity index (χ2v) is 10.8. The van der Waals surface area contributed by atoms with Gasteiger partial charge in [0.1, 0.15) is 0 Å². The number of nitrogen functional groups attached to an aromatic ring is 1. The SMILES string of the molecule is CN(C)[C@H]1CCc2nc(NC(=O)c3cccc([C@H]4CCCN4C(=O)Nc4cccc(N)c4)c3)sc2C1. The summed E-state index contributed by atoms with van der Waals surface area (Å²) >= 11 is 1.58. The highest BCUT2D eigenvalue weighted by molar-refractivity contribution is 7.15. The molecule has 0 spiro atoms. The first-order chi connectivity index (χ1) is 17.4. The Kier molecular flexibility index (Phi) is 6.93. The second kappa shape index (κ2) is 10.3. The molecule has 9 heteroatoms. The van der Waals surface area contributed by atoms with Gasteiger partial charge < -0.3 is 20.9 Å². The number of nitrogens with two attached hydrogens (primary N) is 1. The van der Waals surface area contributed by atoms with Crippen LogP contribution >= 0.6 is 11.3 Å². The zero-order valence-electron chi connectivity index (χ0n) is 20.7. The van der Waals surface area contributed by atoms with E-state index in [2.05, 4.69) is 34.6 Å². The van der Waals surface area contributed by atoms with Crippen molar-refractivity contribution in [2.75, 3.05) is 37.0 Å². The van der Waals surface area contributed by atoms with Crippen molar-refractivity contribution in [3.8, 4) is 0 Å². The normalized spacial score (nSPS) is 19.2. The summed E-state index contributed by atoms with van der Waals surface area (Å²) in [5, 5.41) is 6.60. The molecule has 1 fully saturated rings. The van der Waals surface area contributed by atoms with E-state index >= 15 is 0 Å². The van der Waals surface area contributed by atoms with E-state index in [4.69, 9.17) is 5.73 Å². The van der Waals surface area contributed by atoms with Crippen LogP contribution in [0.4, 0.5) is 21.3 Å². The van der Waals surface area contributed by atoms with Crippen molar-refractivity contribution in [3.63, 3.8) is 0 Å². The number of nitrogens with zero attached hydrogens (tertiary/aromatic N) is 3. The van der Waals surface area contributed by atoms with Gasteiger partial charge in [-0.15, -0.1) is 11.3 Å². The molecule has 1 aromatic heterocycles. The number of rotatable bonds is 5. The molecule has 0 radical (unpaired) electrons. The number of aromatic nitrogens is 1. The smallest absolute Gasteiger partial charge is 0.322 e. The Morgan fingerprint density at radius 3 is 2.75 bits per heavy atom. The third-order valence-corrected chi connectivity index (χ3v) is 8.08. The van der Waals surface area contributed by atoms with Gasteiger partial charge in [0.25, 0.3) is 5.91 Å². The van der Waals surface area contributed by atoms with E-state index in [-0.39, 0.29) is 18.0 Å². The topological polar surface area (TPSA) is 104 Å². The van der Waals surface area contributed by atoms with Gasteiger partial charge >= 0.3 is 6.03 Å². The predicted molar refractivity (Wildman–Crippen MR) is 145 cm³/mol. The van der Waals surface area contributed by atoms with Gasteiger partial charge in [-0.05, 0) is 82.1 Å². The van der Waals surface area contributed by atoms with Crippen LogP contribution in [0.15, 0.2) is 48.5 Å². The summed E-state index contributed by atoms with van der Waals surface area (Å²) in [4.78, 5) is 36.2. The van der Waals surface area contributed by atoms with E-state index in [1.807, 2.05) is 35.2 Å². The lowest BCUT2D eigenvalue weighted by Crippen LogP contribution is -2.34. The molecule has 2 atom stereocenters. The number of hydrogen-bond acceptors (Lipinski definition) is 6. The van der Waals surface area contributed by atoms with Gasteiger partial charge in [0.05, 0.1) is 11.7 Å². The summed E-state index contributed by atoms with van der Waals surface area (Å²) in [6.45, 7) is 0.661. The van der Waals surface area contributed by atoms with Crippen LogP contribution in [-0.4, -0.2) is 53.4 Å². The zero-order chi connectivity index (χ0) is 25.2. The van der Waals surface area contributed by atoms with Crippen LogP contribution in [0.1, 0.15) is 51.8 Å². The standard InChI is InChI=1S/C27H32N6O2S/c1-32(2)21-11-12-22-24(16-21)36-26(30-22)31-25(34)18-7-3-6-17(14-18)23-10-5-13-33(23)27(35)29-20-9-4-8-19(28)15-20/h3-4,6-9,14-15,21,23H,5,10-13,16,28H2,1-2H3,(H,29,35)(H,30,31,34)/t21-,23+/m0/s1. The number of amides is 3. The van der Waals surface area contributed by atoms with Crippen LogP contribution in [0.5, 0.6) is 0 Å². The zero-order valence-corrected chi connectivity index (χ0v) is 21.5. The van der Waals surface area contributed by atoms with Gasteiger partial charge in [0.15, 0.2) is 5.13 Å². The third kappa shape index (κ3) is 5.22. The van der Waals surface area contributed by atoms with Crippen molar-refractivity contribution in [2.24, 2.45) is 0 Å². The van der Waals surface area contributed by atoms with Gasteiger partial charge in [-0.1, -0.05) is 18.2 Å². The number of nitrogens with one attached hydrogen (secondary N) is 2. The van der Waals surface area contributed by atoms with E-state index in [0.29, 0.717) is 34.7 Å². The maximum Gasteiger partial charge on any atom is 0.322 e. The number of thiazole rings is 1. The Hall–Kier alpha value is -3.43. The summed E-state index contributed by atoms with van der Waals surface area (Å²) in [5.74, 6) is -0.180. The Morgan fingerprint density at radius 1 is 1.11 bits per heavy atom. The molecule has 0 unspecified atom stereocenters. The average molecular weight is 505 g/mol. The molecule has 1 aliphatic heterocycles. The highest BCUT2D eigenvalue weighted by atomic mass is 32.1. The molecule has 1 saturated heterocycles. The Balaban J connectivity index is 1.27. The molecule has 1 aliphatic carbocycles. The lowest BCUT2D eigenvalue weighted by atomic mass is 9.97. The fourth-order valence-corrected chi connectivity index (χ4v) is 6.15. The molecule has 0 bridgehead atoms. The number of carbonyl (C=O) groups is 2. The molecule has 5 rings (SSSR count). The maximum absolute atomic E-state index is 13.1. The number of likely N-dealkylation sites (tertiary alicyclic amines) is 1. The highest BCUT2D eigenvalue weighted by Gasteiger charge is 2.31. The molecule has 188 valence electrons. The van der Waals surface area contributed by atoms with E-state index in [1.54, 1.807) is 29.5 Å². The average Bonchev–Trinajstić information content (AvgIpc) is 3.50. The van der Waals surface area contributed by atoms with Gasteiger partial charge in [-0.2, -0.15) is 0 Å². The Bertz CT molecular complexity index is 1270. The fourth-order valence-electron chi connectivity index (χ4n) is 5.08. The van der Waals surface area contributed by atoms with Crippen molar-refractivity contribution < 1.29 is 9.59 Å². The lowest BCUT2D eigenvalue weighted by Gasteiger charge is -2.27. The lowest BCUT2D eigenvalue weighted by molar-refractivity contribution is 0.102. The number of benzene rings is 2. The number of aryl methyl sites for hydroxylation is 1. The number of urea groups is 1. The largest absolute Gasteiger partial charge is 0.399 e. The van der Waals surface area contributed by atoms with Crippen LogP contribution in [0, 0.1) is 0 Å². The molecular formula is C27H32N6O2S. The first kappa shape index (κ1) is 24.3. The van der Waals surface area contributed by atoms with Crippen molar-refractivity contribution in [3.05, 3.63) is 70.2 Å². The van der Waals surface area contributed by atoms with Crippen LogP contribution in [0.25, 0.3) is 0 Å². The number of anilines is 3. The summed E-state index contributed by atoms with van der Waals surface area (Å²) in [5.41, 5.74) is 9.74. The first-order valence-corrected chi connectivity index (χ1v) is 13.2. The van der Waals surface area contributed by atoms with Crippen LogP contribution in [0.2, 0.25) is 0 Å². The summed E-state index contributed by atoms with van der Waals surface area (Å²) in [6.07, 6.45) is 4.75. The minimum atomic E-state index is -0.180. The summed E-state index contributed by atoms with van der Waals surface area (Å²) in [7, 11) is 4.22. The third-order valence-electron chi connectivity index (χ3n) is 7.05. The molecule has 3 amide bonds. The number of likely N-dealkylation sites (N-methyl/N-ethyl adjacent to an activating group) is 1. The monoisotopic (exact) mass is 504 g/mol. The minimum absolute atomic E-state index is 0.0889.